The van der Waals surface area contributed by atoms with E-state index in [2.05, 4.69) is 6.08 Å². The molecule has 1 amide bonds. The predicted octanol–water partition coefficient (Wildman–Crippen LogP) is 1.79. The van der Waals surface area contributed by atoms with Crippen LogP contribution in [0.3, 0.4) is 0 Å². The summed E-state index contributed by atoms with van der Waals surface area (Å²) in [6.07, 6.45) is 6.80. The Morgan fingerprint density at radius 2 is 2.05 bits per heavy atom. The van der Waals surface area contributed by atoms with Crippen LogP contribution in [0.5, 0.6) is 0 Å². The van der Waals surface area contributed by atoms with Crippen molar-refractivity contribution in [2.45, 2.75) is 38.4 Å². The summed E-state index contributed by atoms with van der Waals surface area (Å²) in [5.41, 5.74) is 0. The molecule has 1 heterocycles. The van der Waals surface area contributed by atoms with Crippen molar-refractivity contribution in [3.05, 3.63) is 12.2 Å². The van der Waals surface area contributed by atoms with Crippen molar-refractivity contribution < 1.29 is 13.2 Å². The number of hydrogen-bond donors (Lipinski definition) is 0. The maximum Gasteiger partial charge on any atom is 0.241 e. The maximum absolute atomic E-state index is 12.6. The number of sulfonamides is 1. The molecule has 0 spiro atoms. The molecule has 2 fully saturated rings. The van der Waals surface area contributed by atoms with Crippen LogP contribution in [-0.4, -0.2) is 30.4 Å². The van der Waals surface area contributed by atoms with E-state index >= 15 is 0 Å². The summed E-state index contributed by atoms with van der Waals surface area (Å²) in [5.74, 6) is 0.251. The summed E-state index contributed by atoms with van der Waals surface area (Å²) < 4.78 is 26.4. The first-order valence-corrected chi connectivity index (χ1v) is 8.70. The number of fused-ring (bicyclic) bond motifs is 5. The van der Waals surface area contributed by atoms with Gasteiger partial charge >= 0.3 is 0 Å². The number of nitrogens with zero attached hydrogens (tertiary/aromatic N) is 1. The van der Waals surface area contributed by atoms with Gasteiger partial charge in [-0.25, -0.2) is 12.7 Å². The molecule has 0 aromatic rings. The summed E-state index contributed by atoms with van der Waals surface area (Å²) in [7, 11) is -3.43. The van der Waals surface area contributed by atoms with Gasteiger partial charge in [-0.1, -0.05) is 32.4 Å². The molecule has 0 N–H and O–H groups in total. The second-order valence-corrected chi connectivity index (χ2v) is 8.20. The van der Waals surface area contributed by atoms with Gasteiger partial charge in [-0.2, -0.15) is 0 Å². The number of hydrogen-bond acceptors (Lipinski definition) is 3. The lowest BCUT2D eigenvalue weighted by atomic mass is 9.93. The van der Waals surface area contributed by atoms with Crippen LogP contribution in [0.1, 0.15) is 33.1 Å². The molecule has 0 aromatic heterocycles. The van der Waals surface area contributed by atoms with E-state index in [1.54, 1.807) is 0 Å². The molecule has 2 bridgehead atoms. The van der Waals surface area contributed by atoms with Gasteiger partial charge in [0, 0.05) is 18.4 Å². The lowest BCUT2D eigenvalue weighted by molar-refractivity contribution is -0.130. The van der Waals surface area contributed by atoms with Crippen molar-refractivity contribution in [1.82, 2.24) is 4.31 Å². The van der Waals surface area contributed by atoms with E-state index in [1.807, 2.05) is 19.9 Å². The molecule has 19 heavy (non-hydrogen) atoms. The van der Waals surface area contributed by atoms with Crippen molar-refractivity contribution in [3.63, 3.8) is 0 Å². The molecular weight excluding hydrogens is 262 g/mol. The minimum atomic E-state index is -3.43. The molecular formula is C14H21NO3S. The molecule has 1 saturated carbocycles. The van der Waals surface area contributed by atoms with E-state index in [4.69, 9.17) is 0 Å². The number of amides is 1. The first kappa shape index (κ1) is 13.2. The summed E-state index contributed by atoms with van der Waals surface area (Å²) in [6.45, 7) is 4.26. The van der Waals surface area contributed by atoms with Gasteiger partial charge in [0.05, 0.1) is 5.25 Å². The third kappa shape index (κ3) is 1.77. The average Bonchev–Trinajstić information content (AvgIpc) is 3.00. The fourth-order valence-electron chi connectivity index (χ4n) is 4.02. The molecule has 3 rings (SSSR count). The topological polar surface area (TPSA) is 54.5 Å². The van der Waals surface area contributed by atoms with E-state index in [9.17, 15) is 13.2 Å². The molecule has 1 saturated heterocycles. The van der Waals surface area contributed by atoms with Crippen molar-refractivity contribution in [2.24, 2.45) is 23.7 Å². The van der Waals surface area contributed by atoms with Gasteiger partial charge in [-0.3, -0.25) is 4.79 Å². The van der Waals surface area contributed by atoms with Crippen LogP contribution < -0.4 is 0 Å². The Hall–Kier alpha value is -0.840. The highest BCUT2D eigenvalue weighted by atomic mass is 32.2. The Kier molecular flexibility index (Phi) is 3.00. The van der Waals surface area contributed by atoms with Gasteiger partial charge in [0.25, 0.3) is 0 Å². The third-order valence-corrected chi connectivity index (χ3v) is 7.29. The summed E-state index contributed by atoms with van der Waals surface area (Å²) in [6, 6.07) is 0. The molecule has 0 unspecified atom stereocenters. The minimum Gasteiger partial charge on any atom is -0.274 e. The zero-order chi connectivity index (χ0) is 13.8. The predicted molar refractivity (Wildman–Crippen MR) is 72.7 cm³/mol. The fourth-order valence-corrected chi connectivity index (χ4v) is 6.50. The van der Waals surface area contributed by atoms with Crippen LogP contribution in [0.25, 0.3) is 0 Å². The van der Waals surface area contributed by atoms with E-state index in [-0.39, 0.29) is 28.9 Å². The Morgan fingerprint density at radius 1 is 1.37 bits per heavy atom. The normalized spacial score (nSPS) is 39.6. The smallest absolute Gasteiger partial charge is 0.241 e. The highest BCUT2D eigenvalue weighted by Gasteiger charge is 2.59. The summed E-state index contributed by atoms with van der Waals surface area (Å²) >= 11 is 0. The van der Waals surface area contributed by atoms with Gasteiger partial charge < -0.3 is 0 Å². The number of allylic oxidation sites excluding steroid dienone is 2. The van der Waals surface area contributed by atoms with Crippen LogP contribution in [0.15, 0.2) is 12.2 Å². The fraction of sp³-hybridized carbons (Fsp3) is 0.786. The van der Waals surface area contributed by atoms with Crippen LogP contribution in [0.2, 0.25) is 0 Å². The molecule has 1 aliphatic heterocycles. The van der Waals surface area contributed by atoms with Crippen LogP contribution in [-0.2, 0) is 14.8 Å². The highest BCUT2D eigenvalue weighted by Crippen LogP contribution is 2.51. The van der Waals surface area contributed by atoms with Gasteiger partial charge in [0.2, 0.25) is 15.9 Å². The maximum atomic E-state index is 12.6. The zero-order valence-electron chi connectivity index (χ0n) is 11.5. The van der Waals surface area contributed by atoms with E-state index in [0.29, 0.717) is 12.5 Å². The third-order valence-electron chi connectivity index (χ3n) is 4.96. The Labute approximate surface area is 114 Å². The molecule has 3 aliphatic rings. The van der Waals surface area contributed by atoms with Crippen LogP contribution >= 0.6 is 0 Å². The largest absolute Gasteiger partial charge is 0.274 e. The number of carbonyl (C=O) groups excluding carboxylic acids is 1. The van der Waals surface area contributed by atoms with Crippen molar-refractivity contribution in [2.75, 3.05) is 6.54 Å². The lowest BCUT2D eigenvalue weighted by Crippen LogP contribution is -2.39. The molecule has 0 radical (unpaired) electrons. The van der Waals surface area contributed by atoms with Crippen molar-refractivity contribution in [3.8, 4) is 0 Å². The van der Waals surface area contributed by atoms with Gasteiger partial charge in [-0.15, -0.1) is 0 Å². The summed E-state index contributed by atoms with van der Waals surface area (Å²) in [4.78, 5) is 12.3. The van der Waals surface area contributed by atoms with Gasteiger partial charge in [0.15, 0.2) is 0 Å². The minimum absolute atomic E-state index is 0.137. The quantitative estimate of drug-likeness (QED) is 0.742. The van der Waals surface area contributed by atoms with Crippen molar-refractivity contribution in [1.29, 1.82) is 0 Å². The van der Waals surface area contributed by atoms with E-state index in [1.165, 1.54) is 4.31 Å². The Bertz CT molecular complexity index is 525. The first-order valence-electron chi connectivity index (χ1n) is 7.20. The molecule has 4 nitrogen and oxygen atoms in total. The SMILES string of the molecule is CCC[C@H](C)C(=O)N1C[C@H]2[C@H]([C@H]3C=C[C@@H]2C3)S1(=O)=O. The van der Waals surface area contributed by atoms with Crippen LogP contribution in [0.4, 0.5) is 0 Å². The van der Waals surface area contributed by atoms with Gasteiger partial charge in [-0.05, 0) is 24.7 Å². The standard InChI is InChI=1S/C14H21NO3S/c1-3-4-9(2)14(16)15-8-12-10-5-6-11(7-10)13(12)19(15,17)18/h5-6,9-13H,3-4,7-8H2,1-2H3/t9-,10+,11-,12+,13-/m0/s1. The first-order chi connectivity index (χ1) is 8.96. The second kappa shape index (κ2) is 4.33. The summed E-state index contributed by atoms with van der Waals surface area (Å²) in [5, 5.41) is -0.333. The molecule has 5 heteroatoms. The monoisotopic (exact) mass is 283 g/mol. The second-order valence-electron chi connectivity index (χ2n) is 6.18. The number of carbonyl (C=O) groups is 1. The van der Waals surface area contributed by atoms with E-state index < -0.39 is 10.0 Å². The molecule has 0 aromatic carbocycles. The van der Waals surface area contributed by atoms with Gasteiger partial charge in [0.1, 0.15) is 0 Å². The molecule has 2 aliphatic carbocycles. The zero-order valence-corrected chi connectivity index (χ0v) is 12.3. The molecule has 106 valence electrons. The van der Waals surface area contributed by atoms with E-state index in [0.717, 1.165) is 19.3 Å². The highest BCUT2D eigenvalue weighted by molar-refractivity contribution is 7.90. The van der Waals surface area contributed by atoms with Crippen molar-refractivity contribution >= 4 is 15.9 Å². The average molecular weight is 283 g/mol. The Morgan fingerprint density at radius 3 is 2.68 bits per heavy atom. The lowest BCUT2D eigenvalue weighted by Gasteiger charge is -2.22. The van der Waals surface area contributed by atoms with Crippen LogP contribution in [0, 0.1) is 23.7 Å². The Balaban J connectivity index is 1.85. The number of rotatable bonds is 3. The molecule has 5 atom stereocenters.